The summed E-state index contributed by atoms with van der Waals surface area (Å²) in [7, 11) is 1.41. The second kappa shape index (κ2) is 5.24. The van der Waals surface area contributed by atoms with Crippen molar-refractivity contribution in [1.82, 2.24) is 9.13 Å². The largest absolute Gasteiger partial charge is 0.462 e. The molecule has 2 heterocycles. The van der Waals surface area contributed by atoms with Crippen molar-refractivity contribution in [3.63, 3.8) is 0 Å². The molecule has 2 rings (SSSR count). The van der Waals surface area contributed by atoms with Crippen molar-refractivity contribution in [3.8, 4) is 0 Å². The lowest BCUT2D eigenvalue weighted by atomic mass is 10.2. The van der Waals surface area contributed by atoms with E-state index in [4.69, 9.17) is 4.74 Å². The lowest BCUT2D eigenvalue weighted by Gasteiger charge is -2.12. The Kier molecular flexibility index (Phi) is 3.80. The zero-order valence-corrected chi connectivity index (χ0v) is 12.6. The van der Waals surface area contributed by atoms with Crippen LogP contribution in [0.4, 0.5) is 0 Å². The molecule has 108 valence electrons. The number of ether oxygens (including phenoxy) is 1. The fourth-order valence-electron chi connectivity index (χ4n) is 2.05. The van der Waals surface area contributed by atoms with Gasteiger partial charge in [0.05, 0.1) is 17.6 Å². The van der Waals surface area contributed by atoms with Crippen molar-refractivity contribution in [2.75, 3.05) is 6.61 Å². The van der Waals surface area contributed by atoms with Gasteiger partial charge in [-0.05, 0) is 20.8 Å². The highest BCUT2D eigenvalue weighted by Gasteiger charge is 2.22. The van der Waals surface area contributed by atoms with E-state index in [0.29, 0.717) is 4.83 Å². The number of hydrogen-bond donors (Lipinski definition) is 0. The maximum absolute atomic E-state index is 12.3. The number of nitrogens with zero attached hydrogens (tertiary/aromatic N) is 2. The van der Waals surface area contributed by atoms with E-state index in [2.05, 4.69) is 0 Å². The molecule has 0 fully saturated rings. The van der Waals surface area contributed by atoms with Crippen LogP contribution in [0.3, 0.4) is 0 Å². The first-order valence-corrected chi connectivity index (χ1v) is 7.17. The van der Waals surface area contributed by atoms with Crippen LogP contribution in [-0.2, 0) is 11.8 Å². The van der Waals surface area contributed by atoms with Gasteiger partial charge in [-0.25, -0.2) is 9.59 Å². The Morgan fingerprint density at radius 1 is 1.40 bits per heavy atom. The van der Waals surface area contributed by atoms with Crippen LogP contribution in [0.5, 0.6) is 0 Å². The second-order valence-electron chi connectivity index (χ2n) is 4.66. The van der Waals surface area contributed by atoms with Gasteiger partial charge in [0.15, 0.2) is 0 Å². The van der Waals surface area contributed by atoms with E-state index in [1.807, 2.05) is 13.8 Å². The molecule has 0 bridgehead atoms. The minimum absolute atomic E-state index is 0.106. The molecular formula is C13H16N2O4S. The van der Waals surface area contributed by atoms with Crippen molar-refractivity contribution >= 4 is 27.5 Å². The first-order valence-electron chi connectivity index (χ1n) is 6.30. The third-order valence-electron chi connectivity index (χ3n) is 3.01. The number of fused-ring (bicyclic) bond motifs is 1. The maximum Gasteiger partial charge on any atom is 0.339 e. The van der Waals surface area contributed by atoms with Crippen molar-refractivity contribution in [2.45, 2.75) is 26.8 Å². The number of aromatic nitrogens is 2. The molecule has 0 aliphatic carbocycles. The maximum atomic E-state index is 12.3. The Bertz CT molecular complexity index is 782. The van der Waals surface area contributed by atoms with Crippen molar-refractivity contribution < 1.29 is 9.53 Å². The second-order valence-corrected chi connectivity index (χ2v) is 5.52. The predicted molar refractivity (Wildman–Crippen MR) is 77.7 cm³/mol. The van der Waals surface area contributed by atoms with Gasteiger partial charge in [-0.2, -0.15) is 0 Å². The summed E-state index contributed by atoms with van der Waals surface area (Å²) in [5.74, 6) is -0.537. The predicted octanol–water partition coefficient (Wildman–Crippen LogP) is 1.52. The molecule has 0 aromatic carbocycles. The first-order chi connectivity index (χ1) is 9.40. The Labute approximate surface area is 119 Å². The van der Waals surface area contributed by atoms with Crippen molar-refractivity contribution in [2.24, 2.45) is 7.05 Å². The van der Waals surface area contributed by atoms with Crippen LogP contribution in [0.15, 0.2) is 15.0 Å². The molecular weight excluding hydrogens is 280 g/mol. The van der Waals surface area contributed by atoms with Crippen molar-refractivity contribution in [3.05, 3.63) is 31.8 Å². The van der Waals surface area contributed by atoms with Gasteiger partial charge in [-0.15, -0.1) is 11.3 Å². The highest BCUT2D eigenvalue weighted by molar-refractivity contribution is 7.17. The normalized spacial score (nSPS) is 11.2. The number of hydrogen-bond acceptors (Lipinski definition) is 5. The van der Waals surface area contributed by atoms with E-state index in [1.54, 1.807) is 12.3 Å². The summed E-state index contributed by atoms with van der Waals surface area (Å²) in [5, 5.41) is 1.83. The van der Waals surface area contributed by atoms with E-state index in [9.17, 15) is 14.4 Å². The molecule has 0 unspecified atom stereocenters. The van der Waals surface area contributed by atoms with Gasteiger partial charge in [0.2, 0.25) is 0 Å². The fraction of sp³-hybridized carbons (Fsp3) is 0.462. The zero-order chi connectivity index (χ0) is 15.0. The Balaban J connectivity index is 2.90. The van der Waals surface area contributed by atoms with Gasteiger partial charge in [0.25, 0.3) is 5.56 Å². The van der Waals surface area contributed by atoms with Gasteiger partial charge in [0, 0.05) is 18.5 Å². The molecule has 2 aromatic heterocycles. The first kappa shape index (κ1) is 14.5. The zero-order valence-electron chi connectivity index (χ0n) is 11.8. The van der Waals surface area contributed by atoms with Crippen LogP contribution in [-0.4, -0.2) is 21.7 Å². The minimum Gasteiger partial charge on any atom is -0.462 e. The van der Waals surface area contributed by atoms with Gasteiger partial charge >= 0.3 is 11.7 Å². The molecule has 0 radical (unpaired) electrons. The van der Waals surface area contributed by atoms with Crippen LogP contribution in [0.25, 0.3) is 10.2 Å². The molecule has 0 N–H and O–H groups in total. The summed E-state index contributed by atoms with van der Waals surface area (Å²) in [4.78, 5) is 36.8. The van der Waals surface area contributed by atoms with Crippen molar-refractivity contribution in [1.29, 1.82) is 0 Å². The van der Waals surface area contributed by atoms with E-state index < -0.39 is 11.5 Å². The van der Waals surface area contributed by atoms with Gasteiger partial charge < -0.3 is 4.74 Å². The molecule has 0 saturated carbocycles. The number of rotatable bonds is 3. The lowest BCUT2D eigenvalue weighted by Crippen LogP contribution is -2.38. The molecule has 20 heavy (non-hydrogen) atoms. The molecule has 7 heteroatoms. The molecule has 0 atom stereocenters. The van der Waals surface area contributed by atoms with Gasteiger partial charge in [0.1, 0.15) is 4.83 Å². The minimum atomic E-state index is -0.537. The Hall–Kier alpha value is -1.89. The molecule has 0 saturated heterocycles. The summed E-state index contributed by atoms with van der Waals surface area (Å²) in [6.07, 6.45) is 0. The highest BCUT2D eigenvalue weighted by atomic mass is 32.1. The third kappa shape index (κ3) is 2.07. The van der Waals surface area contributed by atoms with E-state index in [-0.39, 0.29) is 29.3 Å². The number of thiophene rings is 1. The third-order valence-corrected chi connectivity index (χ3v) is 3.99. The average molecular weight is 296 g/mol. The van der Waals surface area contributed by atoms with Crippen LogP contribution in [0.1, 0.15) is 37.2 Å². The van der Waals surface area contributed by atoms with Crippen LogP contribution in [0.2, 0.25) is 0 Å². The average Bonchev–Trinajstić information content (AvgIpc) is 2.80. The lowest BCUT2D eigenvalue weighted by molar-refractivity contribution is 0.0529. The van der Waals surface area contributed by atoms with E-state index in [0.717, 1.165) is 4.57 Å². The monoisotopic (exact) mass is 296 g/mol. The summed E-state index contributed by atoms with van der Waals surface area (Å²) in [5.41, 5.74) is -0.622. The summed E-state index contributed by atoms with van der Waals surface area (Å²) >= 11 is 1.21. The molecule has 0 aliphatic rings. The number of carbonyl (C=O) groups excluding carboxylic acids is 1. The standard InChI is InChI=1S/C13H16N2O4S/c1-5-19-12(17)8-6-20-11-9(8)10(16)14(4)13(18)15(11)7(2)3/h6-7H,5H2,1-4H3. The fourth-order valence-corrected chi connectivity index (χ4v) is 3.21. The smallest absolute Gasteiger partial charge is 0.339 e. The summed E-state index contributed by atoms with van der Waals surface area (Å²) in [6.45, 7) is 5.65. The van der Waals surface area contributed by atoms with E-state index >= 15 is 0 Å². The molecule has 0 amide bonds. The molecule has 2 aromatic rings. The number of carbonyl (C=O) groups is 1. The van der Waals surface area contributed by atoms with Gasteiger partial charge in [-0.3, -0.25) is 13.9 Å². The molecule has 0 aliphatic heterocycles. The molecule has 0 spiro atoms. The van der Waals surface area contributed by atoms with Gasteiger partial charge in [-0.1, -0.05) is 0 Å². The van der Waals surface area contributed by atoms with E-state index in [1.165, 1.54) is 23.0 Å². The SMILES string of the molecule is CCOC(=O)c1csc2c1c(=O)n(C)c(=O)n2C(C)C. The Morgan fingerprint density at radius 3 is 2.60 bits per heavy atom. The number of esters is 1. The topological polar surface area (TPSA) is 70.3 Å². The van der Waals surface area contributed by atoms with Crippen LogP contribution < -0.4 is 11.2 Å². The quantitative estimate of drug-likeness (QED) is 0.805. The van der Waals surface area contributed by atoms with Crippen LogP contribution in [0, 0.1) is 0 Å². The molecule has 6 nitrogen and oxygen atoms in total. The summed E-state index contributed by atoms with van der Waals surface area (Å²) in [6, 6.07) is -0.106. The Morgan fingerprint density at radius 2 is 2.05 bits per heavy atom. The van der Waals surface area contributed by atoms with Crippen LogP contribution >= 0.6 is 11.3 Å². The summed E-state index contributed by atoms with van der Waals surface area (Å²) < 4.78 is 7.50. The highest BCUT2D eigenvalue weighted by Crippen LogP contribution is 2.24.